The van der Waals surface area contributed by atoms with Crippen molar-refractivity contribution in [2.45, 2.75) is 50.6 Å². The van der Waals surface area contributed by atoms with Crippen LogP contribution in [0.25, 0.3) is 0 Å². The zero-order valence-electron chi connectivity index (χ0n) is 13.0. The predicted octanol–water partition coefficient (Wildman–Crippen LogP) is 3.88. The molecule has 118 valence electrons. The van der Waals surface area contributed by atoms with Gasteiger partial charge in [-0.15, -0.1) is 0 Å². The maximum atomic E-state index is 13.3. The molecule has 0 spiro atoms. The molecule has 1 fully saturated rings. The second-order valence-corrected chi connectivity index (χ2v) is 6.11. The largest absolute Gasteiger partial charge is 0.313 e. The Kier molecular flexibility index (Phi) is 6.12. The molecule has 4 heteroatoms. The normalized spacial score (nSPS) is 18.1. The zero-order chi connectivity index (χ0) is 15.2. The lowest BCUT2D eigenvalue weighted by Crippen LogP contribution is -2.35. The van der Waals surface area contributed by atoms with Crippen molar-refractivity contribution in [1.82, 2.24) is 10.2 Å². The highest BCUT2D eigenvalue weighted by Crippen LogP contribution is 2.24. The molecule has 2 rings (SSSR count). The number of nitrogens with one attached hydrogen (secondary N) is 1. The number of nitrogens with zero attached hydrogens (tertiary/aromatic N) is 1. The van der Waals surface area contributed by atoms with Gasteiger partial charge in [-0.3, -0.25) is 0 Å². The standard InChI is InChI=1S/C17H26F2N2/c1-20-17(13-10-14(18)12-15(19)11-13)8-9-21(2)16-6-4-3-5-7-16/h10-12,16-17,20H,3-9H2,1-2H3. The monoisotopic (exact) mass is 296 g/mol. The first-order valence-electron chi connectivity index (χ1n) is 7.93. The van der Waals surface area contributed by atoms with Crippen LogP contribution in [0.3, 0.4) is 0 Å². The summed E-state index contributed by atoms with van der Waals surface area (Å²) in [6.45, 7) is 0.939. The first kappa shape index (κ1) is 16.4. The maximum Gasteiger partial charge on any atom is 0.126 e. The van der Waals surface area contributed by atoms with Gasteiger partial charge in [-0.05, 0) is 57.6 Å². The van der Waals surface area contributed by atoms with Crippen molar-refractivity contribution in [1.29, 1.82) is 0 Å². The summed E-state index contributed by atoms with van der Waals surface area (Å²) in [7, 11) is 4.00. The average molecular weight is 296 g/mol. The van der Waals surface area contributed by atoms with Gasteiger partial charge in [0.2, 0.25) is 0 Å². The molecule has 0 radical (unpaired) electrons. The molecule has 1 saturated carbocycles. The molecule has 0 aliphatic heterocycles. The zero-order valence-corrected chi connectivity index (χ0v) is 13.0. The lowest BCUT2D eigenvalue weighted by molar-refractivity contribution is 0.184. The van der Waals surface area contributed by atoms with E-state index < -0.39 is 11.6 Å². The van der Waals surface area contributed by atoms with Crippen LogP contribution >= 0.6 is 0 Å². The Morgan fingerprint density at radius 3 is 2.33 bits per heavy atom. The minimum atomic E-state index is -0.508. The van der Waals surface area contributed by atoms with Crippen LogP contribution in [0.4, 0.5) is 8.78 Å². The Bertz CT molecular complexity index is 424. The van der Waals surface area contributed by atoms with Gasteiger partial charge < -0.3 is 10.2 Å². The molecule has 2 nitrogen and oxygen atoms in total. The van der Waals surface area contributed by atoms with Crippen LogP contribution in [-0.2, 0) is 0 Å². The third-order valence-corrected chi connectivity index (χ3v) is 4.60. The fraction of sp³-hybridized carbons (Fsp3) is 0.647. The highest BCUT2D eigenvalue weighted by molar-refractivity contribution is 5.21. The van der Waals surface area contributed by atoms with E-state index >= 15 is 0 Å². The average Bonchev–Trinajstić information content (AvgIpc) is 2.47. The first-order valence-corrected chi connectivity index (χ1v) is 7.93. The Hall–Kier alpha value is -1.00. The molecule has 1 atom stereocenters. The van der Waals surface area contributed by atoms with E-state index in [9.17, 15) is 8.78 Å². The molecule has 0 amide bonds. The van der Waals surface area contributed by atoms with Crippen LogP contribution in [0.1, 0.15) is 50.1 Å². The number of halogens is 2. The van der Waals surface area contributed by atoms with Crippen LogP contribution in [0.15, 0.2) is 18.2 Å². The molecular weight excluding hydrogens is 270 g/mol. The lowest BCUT2D eigenvalue weighted by Gasteiger charge is -2.32. The minimum Gasteiger partial charge on any atom is -0.313 e. The van der Waals surface area contributed by atoms with E-state index in [2.05, 4.69) is 17.3 Å². The van der Waals surface area contributed by atoms with Gasteiger partial charge in [0.05, 0.1) is 0 Å². The number of benzene rings is 1. The van der Waals surface area contributed by atoms with E-state index in [-0.39, 0.29) is 6.04 Å². The second-order valence-electron chi connectivity index (χ2n) is 6.11. The van der Waals surface area contributed by atoms with Crippen LogP contribution in [0.2, 0.25) is 0 Å². The van der Waals surface area contributed by atoms with Gasteiger partial charge in [0, 0.05) is 18.2 Å². The van der Waals surface area contributed by atoms with Crippen molar-refractivity contribution in [3.8, 4) is 0 Å². The van der Waals surface area contributed by atoms with Crippen LogP contribution in [0, 0.1) is 11.6 Å². The van der Waals surface area contributed by atoms with Gasteiger partial charge in [0.1, 0.15) is 11.6 Å². The van der Waals surface area contributed by atoms with Crippen molar-refractivity contribution in [2.24, 2.45) is 0 Å². The van der Waals surface area contributed by atoms with Crippen molar-refractivity contribution in [3.05, 3.63) is 35.4 Å². The summed E-state index contributed by atoms with van der Waals surface area (Å²) in [5.41, 5.74) is 0.687. The van der Waals surface area contributed by atoms with Crippen LogP contribution < -0.4 is 5.32 Å². The molecular formula is C17H26F2N2. The van der Waals surface area contributed by atoms with Crippen molar-refractivity contribution in [2.75, 3.05) is 20.6 Å². The molecule has 1 N–H and O–H groups in total. The summed E-state index contributed by atoms with van der Waals surface area (Å²) in [4.78, 5) is 2.40. The molecule has 0 bridgehead atoms. The highest BCUT2D eigenvalue weighted by Gasteiger charge is 2.19. The van der Waals surface area contributed by atoms with Crippen LogP contribution in [0.5, 0.6) is 0 Å². The van der Waals surface area contributed by atoms with Crippen molar-refractivity contribution in [3.63, 3.8) is 0 Å². The number of rotatable bonds is 6. The fourth-order valence-corrected chi connectivity index (χ4v) is 3.29. The summed E-state index contributed by atoms with van der Waals surface area (Å²) < 4.78 is 26.7. The summed E-state index contributed by atoms with van der Waals surface area (Å²) in [5, 5.41) is 3.17. The Balaban J connectivity index is 1.92. The molecule has 1 aromatic rings. The molecule has 21 heavy (non-hydrogen) atoms. The number of hydrogen-bond acceptors (Lipinski definition) is 2. The first-order chi connectivity index (χ1) is 10.1. The van der Waals surface area contributed by atoms with Gasteiger partial charge in [-0.1, -0.05) is 19.3 Å². The summed E-state index contributed by atoms with van der Waals surface area (Å²) in [5.74, 6) is -1.02. The van der Waals surface area contributed by atoms with Crippen LogP contribution in [-0.4, -0.2) is 31.6 Å². The Labute approximate surface area is 126 Å². The highest BCUT2D eigenvalue weighted by atomic mass is 19.1. The van der Waals surface area contributed by atoms with E-state index in [4.69, 9.17) is 0 Å². The molecule has 1 aliphatic carbocycles. The smallest absolute Gasteiger partial charge is 0.126 e. The van der Waals surface area contributed by atoms with E-state index in [1.807, 2.05) is 7.05 Å². The van der Waals surface area contributed by atoms with Gasteiger partial charge in [-0.25, -0.2) is 8.78 Å². The van der Waals surface area contributed by atoms with Crippen molar-refractivity contribution >= 4 is 0 Å². The summed E-state index contributed by atoms with van der Waals surface area (Å²) in [6.07, 6.45) is 7.39. The Morgan fingerprint density at radius 2 is 1.76 bits per heavy atom. The molecule has 0 aromatic heterocycles. The minimum absolute atomic E-state index is 0.0127. The third-order valence-electron chi connectivity index (χ3n) is 4.60. The van der Waals surface area contributed by atoms with E-state index in [1.165, 1.54) is 44.2 Å². The topological polar surface area (TPSA) is 15.3 Å². The predicted molar refractivity (Wildman–Crippen MR) is 82.3 cm³/mol. The van der Waals surface area contributed by atoms with E-state index in [0.29, 0.717) is 11.6 Å². The molecule has 0 saturated heterocycles. The Morgan fingerprint density at radius 1 is 1.14 bits per heavy atom. The second kappa shape index (κ2) is 7.85. The number of hydrogen-bond donors (Lipinski definition) is 1. The molecule has 1 unspecified atom stereocenters. The quantitative estimate of drug-likeness (QED) is 0.857. The third kappa shape index (κ3) is 4.75. The maximum absolute atomic E-state index is 13.3. The lowest BCUT2D eigenvalue weighted by atomic mass is 9.94. The van der Waals surface area contributed by atoms with Gasteiger partial charge >= 0.3 is 0 Å². The van der Waals surface area contributed by atoms with Gasteiger partial charge in [0.15, 0.2) is 0 Å². The van der Waals surface area contributed by atoms with Gasteiger partial charge in [-0.2, -0.15) is 0 Å². The summed E-state index contributed by atoms with van der Waals surface area (Å²) in [6, 6.07) is 4.42. The summed E-state index contributed by atoms with van der Waals surface area (Å²) >= 11 is 0. The van der Waals surface area contributed by atoms with Gasteiger partial charge in [0.25, 0.3) is 0 Å². The molecule has 1 aliphatic rings. The van der Waals surface area contributed by atoms with E-state index in [1.54, 1.807) is 0 Å². The fourth-order valence-electron chi connectivity index (χ4n) is 3.29. The van der Waals surface area contributed by atoms with Crippen molar-refractivity contribution < 1.29 is 8.78 Å². The molecule has 0 heterocycles. The van der Waals surface area contributed by atoms with E-state index in [0.717, 1.165) is 19.0 Å². The SMILES string of the molecule is CNC(CCN(C)C1CCCCC1)c1cc(F)cc(F)c1. The molecule has 1 aromatic carbocycles.